The molecule has 113 heavy (non-hydrogen) atoms. The van der Waals surface area contributed by atoms with Crippen LogP contribution in [0.4, 0.5) is 0 Å². The van der Waals surface area contributed by atoms with Crippen molar-refractivity contribution >= 4 is 70.0 Å². The predicted octanol–water partition coefficient (Wildman–Crippen LogP) is 10.5. The zero-order chi connectivity index (χ0) is 76.6. The van der Waals surface area contributed by atoms with Crippen molar-refractivity contribution in [1.82, 2.24) is 15.0 Å². The summed E-state index contributed by atoms with van der Waals surface area (Å²) in [6.45, 7) is 5.76. The number of rotatable bonds is 26. The molecule has 12 aromatic rings. The maximum absolute atomic E-state index is 11.5. The van der Waals surface area contributed by atoms with Gasteiger partial charge in [0.1, 0.15) is 62.7 Å². The zero-order valence-corrected chi connectivity index (χ0v) is 79.9. The Labute approximate surface area is 807 Å². The molecule has 3 N–H and O–H groups in total. The molecule has 26 heteroatoms. The fourth-order valence-electron chi connectivity index (χ4n) is 11.6. The number of carboxylic acids is 1. The second-order valence-electron chi connectivity index (χ2n) is 25.8. The molecule has 15 rings (SSSR count). The van der Waals surface area contributed by atoms with Crippen LogP contribution in [-0.2, 0) is 52.6 Å². The average Bonchev–Trinajstić information content (AvgIpc) is 1.70. The molecule has 0 aliphatic heterocycles. The SMILES string of the molecule is COC(=O)COc1cc(C2CC2)c(O)cc1C.COC(=O)COc1cc(C2CC2)c(OCc2nc(-c3ccc(-c4ccccc4)cc3)cs2)cc1C.Cc1cc(OCc2nc(-c3ccc(-c4ccccc4)cc3)cs2)c(C2CC2)cc1OCC(=O)O.ClCc1nc(-c2ccc(-c3ccccc3)cc2)cs1.O=CO[O-].[Cs+].[Cs+].[H-].[HH].[Li+].[OH-]. The van der Waals surface area contributed by atoms with Crippen molar-refractivity contribution in [2.75, 3.05) is 34.0 Å². The van der Waals surface area contributed by atoms with Crippen LogP contribution in [0.5, 0.6) is 34.5 Å². The van der Waals surface area contributed by atoms with Gasteiger partial charge >= 0.3 is 175 Å². The van der Waals surface area contributed by atoms with Crippen LogP contribution in [0.25, 0.3) is 67.2 Å². The number of aromatic nitrogens is 3. The zero-order valence-electron chi connectivity index (χ0n) is 65.2. The maximum atomic E-state index is 11.5. The van der Waals surface area contributed by atoms with E-state index in [1.54, 1.807) is 40.1 Å². The normalized spacial score (nSPS) is 12.0. The molecule has 3 aliphatic carbocycles. The van der Waals surface area contributed by atoms with E-state index in [0.717, 1.165) is 132 Å². The molecule has 3 aliphatic rings. The van der Waals surface area contributed by atoms with Crippen LogP contribution in [-0.4, -0.2) is 89.1 Å². The van der Waals surface area contributed by atoms with Gasteiger partial charge in [-0.25, -0.2) is 29.3 Å². The number of aryl methyl sites for hydroxylation is 3. The molecule has 0 unspecified atom stereocenters. The Bertz CT molecular complexity index is 5010. The number of carbonyl (C=O) groups excluding carboxylic acids is 3. The number of benzene rings is 9. The summed E-state index contributed by atoms with van der Waals surface area (Å²) in [6.07, 6.45) is 6.70. The van der Waals surface area contributed by atoms with Gasteiger partial charge in [-0.1, -0.05) is 164 Å². The van der Waals surface area contributed by atoms with Crippen molar-refractivity contribution in [3.05, 3.63) is 265 Å². The molecule has 3 heterocycles. The van der Waals surface area contributed by atoms with Crippen molar-refractivity contribution in [3.8, 4) is 102 Å². The third kappa shape index (κ3) is 28.4. The number of nitrogens with zero attached hydrogens (tertiary/aromatic N) is 3. The fraction of sp³-hybridized carbons (Fsp3) is 0.230. The monoisotopic (exact) mass is 1830 g/mol. The smallest absolute Gasteiger partial charge is 1.00 e. The minimum Gasteiger partial charge on any atom is -1.00 e. The first kappa shape index (κ1) is 93.6. The van der Waals surface area contributed by atoms with Crippen molar-refractivity contribution in [2.45, 2.75) is 96.1 Å². The van der Waals surface area contributed by atoms with Crippen LogP contribution < -0.4 is 186 Å². The molecular formula is C87H85ClCs2LiN3O16S3. The van der Waals surface area contributed by atoms with E-state index >= 15 is 0 Å². The summed E-state index contributed by atoms with van der Waals surface area (Å²) in [5.41, 5.74) is 19.1. The van der Waals surface area contributed by atoms with Gasteiger partial charge in [-0.05, 0) is 164 Å². The van der Waals surface area contributed by atoms with Crippen LogP contribution in [0.3, 0.4) is 0 Å². The second kappa shape index (κ2) is 47.6. The standard InChI is InChI=1S/C29H27NO4S.C28H25NO4S.C16H12ClNS.C13H16O4.CH2O3.2Cs.Li.H2O.H2.H/c1-19-14-27(24(22-10-11-22)15-26(19)34-17-29(31)32-2)33-16-28-30-25(18-35-28)23-12-8-21(9-13-23)20-6-4-3-5-7-20;1-18-13-26(23(21-9-10-21)14-25(18)33-16-28(30)31)32-15-27-29-24(17-34-27)22-11-7-20(8-12-22)19-5-3-2-4-6-19;17-10-16-18-15(11-19-16)14-8-6-13(7-9-14)12-4-2-1-3-5-12;1-8-5-11(14)10(9-3-4-9)6-12(8)17-7-13(15)16-2;2-1-4-3;;;;;;/h3-9,12-15,18,22H,10-11,16-17H2,1-2H3;2-8,11-14,17,21H,9-10,15-16H2,1H3,(H,30,31);1-9,11H,10H2;5-6,9,14H,3-4,7H2,1-2H3;1,3H;;;;1H2;1H;/q;;;;;3*+1;;;-1/p-2. The topological polar surface area (TPSA) is 274 Å². The number of hydrogen-bond acceptors (Lipinski definition) is 21. The largest absolute Gasteiger partial charge is 1.00 e. The Morgan fingerprint density at radius 3 is 1.06 bits per heavy atom. The first-order valence-corrected chi connectivity index (χ1v) is 38.5. The van der Waals surface area contributed by atoms with E-state index in [-0.39, 0.29) is 191 Å². The third-order valence-electron chi connectivity index (χ3n) is 17.9. The summed E-state index contributed by atoms with van der Waals surface area (Å²) < 4.78 is 38.1. The molecule has 19 nitrogen and oxygen atoms in total. The van der Waals surface area contributed by atoms with Crippen LogP contribution >= 0.6 is 45.6 Å². The fourth-order valence-corrected chi connectivity index (χ4v) is 14.0. The number of esters is 2. The van der Waals surface area contributed by atoms with E-state index in [2.05, 4.69) is 169 Å². The number of methoxy groups -OCH3 is 2. The predicted molar refractivity (Wildman–Crippen MR) is 429 cm³/mol. The van der Waals surface area contributed by atoms with Crippen LogP contribution in [0.1, 0.15) is 108 Å². The quantitative estimate of drug-likeness (QED) is 0.0127. The number of alkyl halides is 1. The Morgan fingerprint density at radius 2 is 0.752 bits per heavy atom. The Kier molecular flexibility index (Phi) is 39.5. The number of aromatic hydroxyl groups is 1. The molecule has 0 saturated heterocycles. The first-order chi connectivity index (χ1) is 53.1. The number of carbonyl (C=O) groups is 4. The number of halogens is 1. The number of phenolic OH excluding ortho intramolecular Hbond substituents is 1. The van der Waals surface area contributed by atoms with Crippen molar-refractivity contribution in [1.29, 1.82) is 0 Å². The Morgan fingerprint density at radius 1 is 0.460 bits per heavy atom. The molecule has 0 bridgehead atoms. The molecule has 3 fully saturated rings. The van der Waals surface area contributed by atoms with E-state index in [0.29, 0.717) is 59.8 Å². The molecule has 0 radical (unpaired) electrons. The van der Waals surface area contributed by atoms with Crippen molar-refractivity contribution < 1.29 is 238 Å². The summed E-state index contributed by atoms with van der Waals surface area (Å²) >= 11 is 10.6. The van der Waals surface area contributed by atoms with E-state index in [9.17, 15) is 19.5 Å². The number of carboxylic acid groups (broad SMARTS) is 1. The van der Waals surface area contributed by atoms with Gasteiger partial charge in [0, 0.05) is 50.9 Å². The second-order valence-corrected chi connectivity index (χ2v) is 28.9. The summed E-state index contributed by atoms with van der Waals surface area (Å²) in [6, 6.07) is 67.9. The third-order valence-corrected chi connectivity index (χ3v) is 20.8. The molecule has 0 amide bonds. The van der Waals surface area contributed by atoms with Gasteiger partial charge in [0.2, 0.25) is 0 Å². The summed E-state index contributed by atoms with van der Waals surface area (Å²) in [5, 5.41) is 36.1. The van der Waals surface area contributed by atoms with E-state index < -0.39 is 17.9 Å². The van der Waals surface area contributed by atoms with Gasteiger partial charge in [-0.3, -0.25) is 4.79 Å². The Hall–Kier alpha value is -6.54. The van der Waals surface area contributed by atoms with E-state index in [4.69, 9.17) is 60.4 Å². The van der Waals surface area contributed by atoms with E-state index in [1.165, 1.54) is 47.6 Å². The van der Waals surface area contributed by atoms with E-state index in [1.807, 2.05) is 81.4 Å². The maximum Gasteiger partial charge on any atom is 1.00 e. The molecule has 572 valence electrons. The average molecular weight is 1830 g/mol. The van der Waals surface area contributed by atoms with Crippen LogP contribution in [0.15, 0.2) is 216 Å². The number of thiazole rings is 3. The van der Waals surface area contributed by atoms with Crippen LogP contribution in [0, 0.1) is 20.8 Å². The van der Waals surface area contributed by atoms with Gasteiger partial charge in [-0.15, -0.1) is 45.6 Å². The molecule has 0 spiro atoms. The van der Waals surface area contributed by atoms with Gasteiger partial charge in [-0.2, -0.15) is 0 Å². The van der Waals surface area contributed by atoms with Crippen molar-refractivity contribution in [2.24, 2.45) is 0 Å². The summed E-state index contributed by atoms with van der Waals surface area (Å²) in [5.74, 6) is 3.98. The summed E-state index contributed by atoms with van der Waals surface area (Å²) in [7, 11) is 2.68. The molecule has 9 aromatic carbocycles. The number of phenols is 1. The first-order valence-electron chi connectivity index (χ1n) is 35.3. The van der Waals surface area contributed by atoms with Gasteiger partial charge < -0.3 is 60.4 Å². The summed E-state index contributed by atoms with van der Waals surface area (Å²) in [4.78, 5) is 58.7. The minimum absolute atomic E-state index is 0. The minimum atomic E-state index is -0.984. The molecular weight excluding hydrogens is 1750 g/mol. The van der Waals surface area contributed by atoms with Gasteiger partial charge in [0.05, 0.1) is 37.2 Å². The van der Waals surface area contributed by atoms with Gasteiger partial charge in [0.25, 0.3) is 6.47 Å². The number of aliphatic carboxylic acids is 1. The molecule has 3 aromatic heterocycles. The Balaban J connectivity index is 0.000000275. The molecule has 0 atom stereocenters. The number of ether oxygens (including phenoxy) is 7. The number of hydrogen-bond donors (Lipinski definition) is 2. The van der Waals surface area contributed by atoms with Crippen LogP contribution in [0.2, 0.25) is 0 Å². The van der Waals surface area contributed by atoms with Gasteiger partial charge in [0.15, 0.2) is 19.8 Å². The molecule has 3 saturated carbocycles. The van der Waals surface area contributed by atoms with Crippen molar-refractivity contribution in [3.63, 3.8) is 0 Å².